The van der Waals surface area contributed by atoms with Crippen LogP contribution in [0.2, 0.25) is 0 Å². The first-order chi connectivity index (χ1) is 16.4. The fourth-order valence-corrected chi connectivity index (χ4v) is 4.17. The molecule has 1 aromatic heterocycles. The summed E-state index contributed by atoms with van der Waals surface area (Å²) in [6.45, 7) is 13.1. The van der Waals surface area contributed by atoms with Gasteiger partial charge in [0.25, 0.3) is 0 Å². The predicted molar refractivity (Wildman–Crippen MR) is 141 cm³/mol. The van der Waals surface area contributed by atoms with Crippen LogP contribution in [0.4, 0.5) is 5.69 Å². The van der Waals surface area contributed by atoms with Gasteiger partial charge in [0.2, 0.25) is 0 Å². The number of nitrogens with two attached hydrogens (primary N) is 1. The Balaban J connectivity index is 1.86. The summed E-state index contributed by atoms with van der Waals surface area (Å²) in [5.74, 6) is 0.917. The molecule has 0 unspecified atom stereocenters. The molecule has 0 fully saturated rings. The van der Waals surface area contributed by atoms with Crippen molar-refractivity contribution in [3.63, 3.8) is 0 Å². The molecule has 0 aliphatic carbocycles. The van der Waals surface area contributed by atoms with Gasteiger partial charge >= 0.3 is 5.69 Å². The zero-order valence-electron chi connectivity index (χ0n) is 21.1. The third-order valence-corrected chi connectivity index (χ3v) is 5.97. The summed E-state index contributed by atoms with van der Waals surface area (Å²) in [6, 6.07) is 12.2. The highest BCUT2D eigenvalue weighted by Gasteiger charge is 2.17. The fourth-order valence-electron chi connectivity index (χ4n) is 4.17. The van der Waals surface area contributed by atoms with Gasteiger partial charge in [-0.3, -0.25) is 9.58 Å². The van der Waals surface area contributed by atoms with E-state index in [-0.39, 0.29) is 5.69 Å². The first-order valence-corrected chi connectivity index (χ1v) is 12.3. The number of nitrogens with zero attached hydrogens (tertiary/aromatic N) is 4. The normalized spacial score (nSPS) is 11.6. The molecule has 0 aliphatic rings. The minimum absolute atomic E-state index is 0.250. The molecule has 0 saturated heterocycles. The zero-order valence-corrected chi connectivity index (χ0v) is 21.1. The molecule has 0 radical (unpaired) electrons. The molecule has 0 atom stereocenters. The number of H-pyrrole nitrogens is 1. The van der Waals surface area contributed by atoms with Gasteiger partial charge in [-0.2, -0.15) is 10.2 Å². The van der Waals surface area contributed by atoms with Crippen molar-refractivity contribution in [3.05, 3.63) is 69.1 Å². The van der Waals surface area contributed by atoms with Crippen LogP contribution in [0.3, 0.4) is 0 Å². The van der Waals surface area contributed by atoms with Crippen molar-refractivity contribution in [2.24, 2.45) is 5.10 Å². The van der Waals surface area contributed by atoms with Gasteiger partial charge < -0.3 is 5.73 Å². The van der Waals surface area contributed by atoms with Gasteiger partial charge in [0.05, 0.1) is 12.8 Å². The highest BCUT2D eigenvalue weighted by molar-refractivity contribution is 5.79. The highest BCUT2D eigenvalue weighted by Crippen LogP contribution is 2.31. The van der Waals surface area contributed by atoms with Crippen LogP contribution in [0, 0.1) is 0 Å². The van der Waals surface area contributed by atoms with Gasteiger partial charge in [0.15, 0.2) is 5.82 Å². The molecule has 7 heteroatoms. The van der Waals surface area contributed by atoms with Gasteiger partial charge in [0.1, 0.15) is 0 Å². The van der Waals surface area contributed by atoms with Crippen molar-refractivity contribution < 1.29 is 0 Å². The molecule has 7 nitrogen and oxygen atoms in total. The molecule has 0 aliphatic heterocycles. The van der Waals surface area contributed by atoms with E-state index in [0.29, 0.717) is 24.0 Å². The van der Waals surface area contributed by atoms with Crippen molar-refractivity contribution in [2.75, 3.05) is 18.8 Å². The Hall–Kier alpha value is -3.35. The third-order valence-electron chi connectivity index (χ3n) is 5.97. The molecule has 2 aromatic carbocycles. The summed E-state index contributed by atoms with van der Waals surface area (Å²) < 4.78 is 1.65. The lowest BCUT2D eigenvalue weighted by Gasteiger charge is -2.17. The second-order valence-corrected chi connectivity index (χ2v) is 9.02. The largest absolute Gasteiger partial charge is 0.398 e. The Kier molecular flexibility index (Phi) is 8.68. The summed E-state index contributed by atoms with van der Waals surface area (Å²) in [4.78, 5) is 12.6. The van der Waals surface area contributed by atoms with Crippen LogP contribution in [0.15, 0.2) is 46.3 Å². The number of benzene rings is 2. The number of aromatic amines is 1. The van der Waals surface area contributed by atoms with E-state index in [2.05, 4.69) is 61.0 Å². The molecule has 0 saturated carbocycles. The average Bonchev–Trinajstić information content (AvgIpc) is 3.18. The van der Waals surface area contributed by atoms with E-state index in [1.54, 1.807) is 4.57 Å². The maximum absolute atomic E-state index is 12.6. The third kappa shape index (κ3) is 5.95. The van der Waals surface area contributed by atoms with E-state index in [0.717, 1.165) is 49.0 Å². The Morgan fingerprint density at radius 1 is 1.12 bits per heavy atom. The van der Waals surface area contributed by atoms with Crippen LogP contribution in [-0.4, -0.2) is 39.1 Å². The summed E-state index contributed by atoms with van der Waals surface area (Å²) in [6.07, 6.45) is 4.95. The standard InChI is InChI=1S/C27H38N6O/c1-6-13-32(14-7-2)29-17-20-9-11-21(12-10-20)18-33-26(30-31-27(33)34)24-16-23(19(4)5)22(8-3)15-25(24)28/h9-12,15-17,19H,6-8,13-14,18,28H2,1-5H3,(H,31,34)/b29-17+. The average molecular weight is 463 g/mol. The second kappa shape index (κ2) is 11.7. The van der Waals surface area contributed by atoms with Crippen LogP contribution >= 0.6 is 0 Å². The quantitative estimate of drug-likeness (QED) is 0.238. The van der Waals surface area contributed by atoms with Crippen molar-refractivity contribution in [1.82, 2.24) is 19.8 Å². The van der Waals surface area contributed by atoms with Crippen molar-refractivity contribution in [3.8, 4) is 11.4 Å². The Morgan fingerprint density at radius 3 is 2.38 bits per heavy atom. The van der Waals surface area contributed by atoms with E-state index in [1.807, 2.05) is 36.5 Å². The van der Waals surface area contributed by atoms with E-state index in [9.17, 15) is 4.79 Å². The zero-order chi connectivity index (χ0) is 24.7. The number of hydrogen-bond donors (Lipinski definition) is 2. The number of nitrogen functional groups attached to an aromatic ring is 1. The molecule has 34 heavy (non-hydrogen) atoms. The van der Waals surface area contributed by atoms with E-state index in [4.69, 9.17) is 5.73 Å². The molecular weight excluding hydrogens is 424 g/mol. The first-order valence-electron chi connectivity index (χ1n) is 12.3. The lowest BCUT2D eigenvalue weighted by molar-refractivity contribution is 0.291. The molecule has 0 amide bonds. The summed E-state index contributed by atoms with van der Waals surface area (Å²) >= 11 is 0. The Morgan fingerprint density at radius 2 is 1.79 bits per heavy atom. The maximum Gasteiger partial charge on any atom is 0.343 e. The Bertz CT molecular complexity index is 1150. The van der Waals surface area contributed by atoms with Gasteiger partial charge in [-0.15, -0.1) is 0 Å². The molecule has 3 rings (SSSR count). The van der Waals surface area contributed by atoms with Crippen LogP contribution < -0.4 is 11.4 Å². The summed E-state index contributed by atoms with van der Waals surface area (Å²) in [7, 11) is 0. The number of anilines is 1. The van der Waals surface area contributed by atoms with Crippen LogP contribution in [0.5, 0.6) is 0 Å². The molecule has 0 bridgehead atoms. The lowest BCUT2D eigenvalue weighted by Crippen LogP contribution is -2.19. The molecular formula is C27H38N6O. The highest BCUT2D eigenvalue weighted by atomic mass is 16.1. The minimum atomic E-state index is -0.250. The van der Waals surface area contributed by atoms with Crippen LogP contribution in [0.25, 0.3) is 11.4 Å². The Labute approximate surface area is 202 Å². The van der Waals surface area contributed by atoms with Gasteiger partial charge in [-0.25, -0.2) is 9.89 Å². The molecule has 1 heterocycles. The monoisotopic (exact) mass is 462 g/mol. The molecule has 0 spiro atoms. The maximum atomic E-state index is 12.6. The van der Waals surface area contributed by atoms with Crippen molar-refractivity contribution in [2.45, 2.75) is 66.3 Å². The predicted octanol–water partition coefficient (Wildman–Crippen LogP) is 5.01. The minimum Gasteiger partial charge on any atom is -0.398 e. The van der Waals surface area contributed by atoms with Crippen LogP contribution in [-0.2, 0) is 13.0 Å². The molecule has 182 valence electrons. The molecule has 3 N–H and O–H groups in total. The van der Waals surface area contributed by atoms with Crippen molar-refractivity contribution in [1.29, 1.82) is 0 Å². The molecule has 3 aromatic rings. The van der Waals surface area contributed by atoms with E-state index in [1.165, 1.54) is 11.1 Å². The summed E-state index contributed by atoms with van der Waals surface area (Å²) in [5.41, 5.74) is 12.1. The van der Waals surface area contributed by atoms with Gasteiger partial charge in [0, 0.05) is 24.3 Å². The fraction of sp³-hybridized carbons (Fsp3) is 0.444. The number of hydrogen-bond acceptors (Lipinski definition) is 5. The number of aryl methyl sites for hydroxylation is 1. The van der Waals surface area contributed by atoms with Gasteiger partial charge in [-0.05, 0) is 59.6 Å². The van der Waals surface area contributed by atoms with Crippen molar-refractivity contribution >= 4 is 11.9 Å². The number of nitrogens with one attached hydrogen (secondary N) is 1. The second-order valence-electron chi connectivity index (χ2n) is 9.02. The van der Waals surface area contributed by atoms with Crippen LogP contribution in [0.1, 0.15) is 75.6 Å². The van der Waals surface area contributed by atoms with E-state index >= 15 is 0 Å². The lowest BCUT2D eigenvalue weighted by atomic mass is 9.92. The number of aromatic nitrogens is 3. The SMILES string of the molecule is CCCN(CCC)/N=C/c1ccc(Cn2c(-c3cc(C(C)C)c(CC)cc3N)n[nH]c2=O)cc1. The summed E-state index contributed by atoms with van der Waals surface area (Å²) in [5, 5.41) is 13.6. The first kappa shape index (κ1) is 25.3. The smallest absolute Gasteiger partial charge is 0.343 e. The van der Waals surface area contributed by atoms with Gasteiger partial charge in [-0.1, -0.05) is 58.9 Å². The number of hydrazone groups is 1. The topological polar surface area (TPSA) is 92.3 Å². The van der Waals surface area contributed by atoms with E-state index < -0.39 is 0 Å². The number of rotatable bonds is 11.